The molecule has 7 heteroatoms. The summed E-state index contributed by atoms with van der Waals surface area (Å²) in [6.45, 7) is 1.91. The van der Waals surface area contributed by atoms with Crippen molar-refractivity contribution < 1.29 is 8.42 Å². The molecule has 0 amide bonds. The molecule has 0 N–H and O–H groups in total. The largest absolute Gasteiger partial charge is 0.269 e. The minimum Gasteiger partial charge on any atom is -0.237 e. The van der Waals surface area contributed by atoms with Crippen LogP contribution in [0.3, 0.4) is 0 Å². The Labute approximate surface area is 140 Å². The van der Waals surface area contributed by atoms with E-state index < -0.39 is 10.0 Å². The van der Waals surface area contributed by atoms with E-state index in [1.807, 2.05) is 6.92 Å². The van der Waals surface area contributed by atoms with Gasteiger partial charge in [0.15, 0.2) is 5.65 Å². The van der Waals surface area contributed by atoms with Crippen molar-refractivity contribution in [2.45, 2.75) is 11.8 Å². The van der Waals surface area contributed by atoms with Crippen molar-refractivity contribution in [3.05, 3.63) is 56.9 Å². The zero-order chi connectivity index (χ0) is 15.2. The van der Waals surface area contributed by atoms with Crippen molar-refractivity contribution in [1.29, 1.82) is 0 Å². The Morgan fingerprint density at radius 1 is 1.19 bits per heavy atom. The van der Waals surface area contributed by atoms with Crippen LogP contribution in [0.4, 0.5) is 0 Å². The average Bonchev–Trinajstić information content (AvgIpc) is 2.79. The van der Waals surface area contributed by atoms with Gasteiger partial charge < -0.3 is 0 Å². The van der Waals surface area contributed by atoms with Crippen molar-refractivity contribution in [2.24, 2.45) is 0 Å². The summed E-state index contributed by atoms with van der Waals surface area (Å²) in [4.78, 5) is 4.39. The summed E-state index contributed by atoms with van der Waals surface area (Å²) in [6.07, 6.45) is 3.04. The van der Waals surface area contributed by atoms with Crippen molar-refractivity contribution in [3.8, 4) is 0 Å². The third kappa shape index (κ3) is 2.45. The third-order valence-electron chi connectivity index (χ3n) is 3.14. The number of hydrogen-bond donors (Lipinski definition) is 0. The van der Waals surface area contributed by atoms with Crippen LogP contribution in [0.5, 0.6) is 0 Å². The Morgan fingerprint density at radius 3 is 2.52 bits per heavy atom. The van der Waals surface area contributed by atoms with Crippen LogP contribution in [0.15, 0.2) is 47.6 Å². The number of aromatic nitrogens is 2. The smallest absolute Gasteiger partial charge is 0.237 e. The Morgan fingerprint density at radius 2 is 1.86 bits per heavy atom. The molecule has 21 heavy (non-hydrogen) atoms. The van der Waals surface area contributed by atoms with Crippen LogP contribution in [0, 0.1) is 10.5 Å². The molecular weight excluding hydrogens is 423 g/mol. The topological polar surface area (TPSA) is 52.0 Å². The second-order valence-corrected chi connectivity index (χ2v) is 7.97. The number of hydrogen-bond acceptors (Lipinski definition) is 3. The average molecular weight is 433 g/mol. The van der Waals surface area contributed by atoms with Crippen LogP contribution in [0.25, 0.3) is 11.0 Å². The first-order valence-electron chi connectivity index (χ1n) is 6.04. The fourth-order valence-corrected chi connectivity index (χ4v) is 4.77. The van der Waals surface area contributed by atoms with Gasteiger partial charge in [-0.15, -0.1) is 0 Å². The van der Waals surface area contributed by atoms with E-state index in [1.54, 1.807) is 36.5 Å². The summed E-state index contributed by atoms with van der Waals surface area (Å²) >= 11 is 8.20. The van der Waals surface area contributed by atoms with Crippen LogP contribution in [0.2, 0.25) is 5.02 Å². The van der Waals surface area contributed by atoms with E-state index in [4.69, 9.17) is 11.6 Å². The fraction of sp³-hybridized carbons (Fsp3) is 0.0714. The van der Waals surface area contributed by atoms with Gasteiger partial charge in [0.2, 0.25) is 0 Å². The van der Waals surface area contributed by atoms with Gasteiger partial charge in [0, 0.05) is 16.0 Å². The van der Waals surface area contributed by atoms with Crippen LogP contribution < -0.4 is 0 Å². The molecule has 0 unspecified atom stereocenters. The summed E-state index contributed by atoms with van der Waals surface area (Å²) in [5, 5.41) is 1.14. The van der Waals surface area contributed by atoms with Crippen LogP contribution in [0.1, 0.15) is 5.56 Å². The van der Waals surface area contributed by atoms with Crippen molar-refractivity contribution in [3.63, 3.8) is 0 Å². The fourth-order valence-electron chi connectivity index (χ4n) is 2.05. The van der Waals surface area contributed by atoms with Gasteiger partial charge in [-0.2, -0.15) is 0 Å². The molecule has 3 aromatic rings. The molecule has 4 nitrogen and oxygen atoms in total. The Balaban J connectivity index is 2.29. The number of pyridine rings is 1. The monoisotopic (exact) mass is 432 g/mol. The molecule has 0 aliphatic rings. The molecular formula is C14H10ClIN2O2S. The van der Waals surface area contributed by atoms with Gasteiger partial charge in [-0.25, -0.2) is 17.4 Å². The highest BCUT2D eigenvalue weighted by Gasteiger charge is 2.22. The summed E-state index contributed by atoms with van der Waals surface area (Å²) in [7, 11) is -3.69. The van der Waals surface area contributed by atoms with Gasteiger partial charge in [-0.05, 0) is 47.7 Å². The normalized spacial score (nSPS) is 12.0. The summed E-state index contributed by atoms with van der Waals surface area (Å²) in [5.74, 6) is 0. The second-order valence-electron chi connectivity index (χ2n) is 4.58. The number of nitrogens with zero attached hydrogens (tertiary/aromatic N) is 2. The summed E-state index contributed by atoms with van der Waals surface area (Å²) < 4.78 is 27.4. The molecule has 0 saturated heterocycles. The van der Waals surface area contributed by atoms with Gasteiger partial charge in [0.1, 0.15) is 0 Å². The molecule has 2 heterocycles. The number of rotatable bonds is 2. The van der Waals surface area contributed by atoms with E-state index in [2.05, 4.69) is 27.6 Å². The van der Waals surface area contributed by atoms with Crippen molar-refractivity contribution in [1.82, 2.24) is 8.96 Å². The van der Waals surface area contributed by atoms with Crippen molar-refractivity contribution >= 4 is 55.2 Å². The van der Waals surface area contributed by atoms with Gasteiger partial charge in [-0.3, -0.25) is 0 Å². The van der Waals surface area contributed by atoms with Gasteiger partial charge in [0.05, 0.1) is 15.3 Å². The lowest BCUT2D eigenvalue weighted by molar-refractivity contribution is 0.588. The Hall–Kier alpha value is -1.12. The zero-order valence-corrected chi connectivity index (χ0v) is 14.6. The molecule has 0 saturated carbocycles. The van der Waals surface area contributed by atoms with E-state index in [0.29, 0.717) is 16.1 Å². The van der Waals surface area contributed by atoms with Crippen LogP contribution in [-0.4, -0.2) is 17.4 Å². The minimum atomic E-state index is -3.69. The van der Waals surface area contributed by atoms with E-state index in [-0.39, 0.29) is 4.90 Å². The molecule has 0 radical (unpaired) electrons. The number of fused-ring (bicyclic) bond motifs is 1. The first-order valence-corrected chi connectivity index (χ1v) is 8.94. The molecule has 2 aromatic heterocycles. The molecule has 0 atom stereocenters. The lowest BCUT2D eigenvalue weighted by atomic mass is 10.2. The molecule has 0 aliphatic heterocycles. The van der Waals surface area contributed by atoms with E-state index in [0.717, 1.165) is 9.13 Å². The number of halogens is 2. The number of benzene rings is 1. The molecule has 0 fully saturated rings. The van der Waals surface area contributed by atoms with Crippen LogP contribution in [-0.2, 0) is 10.0 Å². The molecule has 0 bridgehead atoms. The van der Waals surface area contributed by atoms with E-state index in [1.165, 1.54) is 10.2 Å². The zero-order valence-electron chi connectivity index (χ0n) is 10.9. The van der Waals surface area contributed by atoms with Gasteiger partial charge in [-0.1, -0.05) is 29.3 Å². The molecule has 108 valence electrons. The van der Waals surface area contributed by atoms with Crippen LogP contribution >= 0.6 is 34.2 Å². The summed E-state index contributed by atoms with van der Waals surface area (Å²) in [5.41, 5.74) is 1.34. The minimum absolute atomic E-state index is 0.225. The quantitative estimate of drug-likeness (QED) is 0.578. The first kappa shape index (κ1) is 14.8. The predicted molar refractivity (Wildman–Crippen MR) is 91.2 cm³/mol. The maximum Gasteiger partial charge on any atom is 0.269 e. The van der Waals surface area contributed by atoms with Gasteiger partial charge in [0.25, 0.3) is 10.0 Å². The maximum absolute atomic E-state index is 12.8. The molecule has 3 rings (SSSR count). The molecule has 0 spiro atoms. The van der Waals surface area contributed by atoms with E-state index >= 15 is 0 Å². The summed E-state index contributed by atoms with van der Waals surface area (Å²) in [6, 6.07) is 8.37. The lowest BCUT2D eigenvalue weighted by Crippen LogP contribution is -2.12. The van der Waals surface area contributed by atoms with Crippen molar-refractivity contribution in [2.75, 3.05) is 0 Å². The lowest BCUT2D eigenvalue weighted by Gasteiger charge is -2.07. The standard InChI is InChI=1S/C14H10ClIN2O2S/c1-9-2-4-10(5-3-9)21(19,20)18-8-12(16)13-11(15)6-7-17-14(13)18/h2-8H,1H3. The Bertz CT molecular complexity index is 934. The maximum atomic E-state index is 12.8. The van der Waals surface area contributed by atoms with Gasteiger partial charge >= 0.3 is 0 Å². The highest BCUT2D eigenvalue weighted by molar-refractivity contribution is 14.1. The number of aryl methyl sites for hydroxylation is 1. The highest BCUT2D eigenvalue weighted by Crippen LogP contribution is 2.30. The predicted octanol–water partition coefficient (Wildman–Crippen LogP) is 3.84. The van der Waals surface area contributed by atoms with E-state index in [9.17, 15) is 8.42 Å². The highest BCUT2D eigenvalue weighted by atomic mass is 127. The molecule has 1 aromatic carbocycles. The third-order valence-corrected chi connectivity index (χ3v) is 5.93. The second kappa shape index (κ2) is 5.26. The Kier molecular flexibility index (Phi) is 3.71. The SMILES string of the molecule is Cc1ccc(S(=O)(=O)n2cc(I)c3c(Cl)ccnc32)cc1. The molecule has 0 aliphatic carbocycles. The first-order chi connectivity index (χ1) is 9.91.